The van der Waals surface area contributed by atoms with Gasteiger partial charge in [-0.15, -0.1) is 0 Å². The van der Waals surface area contributed by atoms with Gasteiger partial charge in [0, 0.05) is 12.7 Å². The van der Waals surface area contributed by atoms with Gasteiger partial charge in [-0.25, -0.2) is 4.98 Å². The molecule has 76 valence electrons. The minimum atomic E-state index is -0.176. The summed E-state index contributed by atoms with van der Waals surface area (Å²) >= 11 is 0. The van der Waals surface area contributed by atoms with E-state index in [1.165, 1.54) is 5.69 Å². The third kappa shape index (κ3) is 2.40. The fourth-order valence-electron chi connectivity index (χ4n) is 1.74. The smallest absolute Gasteiger partial charge is 0.105 e. The van der Waals surface area contributed by atoms with Crippen molar-refractivity contribution in [2.75, 3.05) is 0 Å². The lowest BCUT2D eigenvalue weighted by atomic mass is 9.69. The van der Waals surface area contributed by atoms with Crippen LogP contribution in [0.5, 0.6) is 0 Å². The third-order valence-electron chi connectivity index (χ3n) is 2.48. The van der Waals surface area contributed by atoms with E-state index in [0.717, 1.165) is 24.4 Å². The van der Waals surface area contributed by atoms with Crippen LogP contribution < -0.4 is 0 Å². The number of hydrogen-bond acceptors (Lipinski definition) is 1. The van der Waals surface area contributed by atoms with Crippen LogP contribution in [0.15, 0.2) is 0 Å². The minimum absolute atomic E-state index is 0.176. The molecule has 2 radical (unpaired) electrons. The first-order valence-electron chi connectivity index (χ1n) is 5.15. The van der Waals surface area contributed by atoms with Crippen molar-refractivity contribution in [1.29, 1.82) is 0 Å². The van der Waals surface area contributed by atoms with Crippen LogP contribution in [0, 0.1) is 6.92 Å². The molecule has 3 heteroatoms. The summed E-state index contributed by atoms with van der Waals surface area (Å²) in [6.07, 6.45) is 1.86. The van der Waals surface area contributed by atoms with E-state index in [4.69, 9.17) is 7.85 Å². The predicted molar refractivity (Wildman–Crippen MR) is 60.8 cm³/mol. The van der Waals surface area contributed by atoms with Gasteiger partial charge in [0.05, 0.1) is 13.5 Å². The highest BCUT2D eigenvalue weighted by Crippen LogP contribution is 2.26. The van der Waals surface area contributed by atoms with E-state index >= 15 is 0 Å². The standard InChI is InChI=1S/C11H19BN2/c1-6-10-9(7-11(3,4)12)13-8(2)14(10)5/h6-7H2,1-5H3. The SMILES string of the molecule is [B]C(C)(C)Cc1nc(C)n(C)c1CC. The van der Waals surface area contributed by atoms with Crippen LogP contribution in [-0.2, 0) is 19.9 Å². The Kier molecular flexibility index (Phi) is 3.08. The first-order valence-corrected chi connectivity index (χ1v) is 5.15. The molecule has 0 saturated heterocycles. The highest BCUT2D eigenvalue weighted by molar-refractivity contribution is 6.14. The fraction of sp³-hybridized carbons (Fsp3) is 0.727. The first-order chi connectivity index (χ1) is 6.35. The topological polar surface area (TPSA) is 17.8 Å². The van der Waals surface area contributed by atoms with E-state index in [0.29, 0.717) is 0 Å². The fourth-order valence-corrected chi connectivity index (χ4v) is 1.74. The molecule has 0 aromatic carbocycles. The van der Waals surface area contributed by atoms with Crippen molar-refractivity contribution in [3.8, 4) is 0 Å². The van der Waals surface area contributed by atoms with Crippen molar-refractivity contribution in [2.45, 2.75) is 45.9 Å². The number of hydrogen-bond donors (Lipinski definition) is 0. The molecule has 0 N–H and O–H groups in total. The zero-order chi connectivity index (χ0) is 10.9. The summed E-state index contributed by atoms with van der Waals surface area (Å²) in [6.45, 7) is 8.27. The molecule has 0 bridgehead atoms. The van der Waals surface area contributed by atoms with Gasteiger partial charge in [0.1, 0.15) is 5.82 Å². The molecule has 0 saturated carbocycles. The second kappa shape index (κ2) is 3.80. The Morgan fingerprint density at radius 1 is 1.43 bits per heavy atom. The van der Waals surface area contributed by atoms with Gasteiger partial charge in [-0.2, -0.15) is 0 Å². The Morgan fingerprint density at radius 2 is 2.00 bits per heavy atom. The Bertz CT molecular complexity index is 321. The lowest BCUT2D eigenvalue weighted by Crippen LogP contribution is -2.09. The number of imidazole rings is 1. The minimum Gasteiger partial charge on any atom is -0.335 e. The van der Waals surface area contributed by atoms with E-state index in [1.807, 2.05) is 20.8 Å². The second-order valence-corrected chi connectivity index (χ2v) is 4.63. The van der Waals surface area contributed by atoms with Crippen LogP contribution in [0.2, 0.25) is 5.31 Å². The highest BCUT2D eigenvalue weighted by Gasteiger charge is 2.17. The second-order valence-electron chi connectivity index (χ2n) is 4.63. The summed E-state index contributed by atoms with van der Waals surface area (Å²) < 4.78 is 2.15. The van der Waals surface area contributed by atoms with Crippen LogP contribution in [-0.4, -0.2) is 17.4 Å². The Labute approximate surface area is 88.1 Å². The van der Waals surface area contributed by atoms with Gasteiger partial charge in [-0.1, -0.05) is 26.1 Å². The number of nitrogens with zero attached hydrogens (tertiary/aromatic N) is 2. The molecule has 0 unspecified atom stereocenters. The molecule has 0 spiro atoms. The van der Waals surface area contributed by atoms with Gasteiger partial charge < -0.3 is 4.57 Å². The lowest BCUT2D eigenvalue weighted by Gasteiger charge is -2.17. The number of aryl methyl sites for hydroxylation is 1. The summed E-state index contributed by atoms with van der Waals surface area (Å²) in [5.41, 5.74) is 2.46. The maximum Gasteiger partial charge on any atom is 0.105 e. The Hall–Kier alpha value is -0.725. The normalized spacial score (nSPS) is 12.1. The van der Waals surface area contributed by atoms with Crippen molar-refractivity contribution in [1.82, 2.24) is 9.55 Å². The predicted octanol–water partition coefficient (Wildman–Crippen LogP) is 2.20. The molecule has 1 aromatic heterocycles. The quantitative estimate of drug-likeness (QED) is 0.668. The van der Waals surface area contributed by atoms with Crippen molar-refractivity contribution < 1.29 is 0 Å². The summed E-state index contributed by atoms with van der Waals surface area (Å²) in [5.74, 6) is 1.07. The van der Waals surface area contributed by atoms with Crippen LogP contribution >= 0.6 is 0 Å². The zero-order valence-electron chi connectivity index (χ0n) is 9.89. The van der Waals surface area contributed by atoms with Crippen LogP contribution in [0.3, 0.4) is 0 Å². The van der Waals surface area contributed by atoms with Crippen LogP contribution in [0.25, 0.3) is 0 Å². The molecule has 0 atom stereocenters. The largest absolute Gasteiger partial charge is 0.335 e. The summed E-state index contributed by atoms with van der Waals surface area (Å²) in [6, 6.07) is 0. The van der Waals surface area contributed by atoms with Gasteiger partial charge in [0.15, 0.2) is 0 Å². The molecule has 0 aliphatic rings. The first kappa shape index (κ1) is 11.4. The Balaban J connectivity index is 3.03. The van der Waals surface area contributed by atoms with E-state index in [1.54, 1.807) is 0 Å². The molecule has 0 fully saturated rings. The zero-order valence-corrected chi connectivity index (χ0v) is 9.89. The summed E-state index contributed by atoms with van der Waals surface area (Å²) in [7, 11) is 8.06. The average molecular weight is 190 g/mol. The highest BCUT2D eigenvalue weighted by atomic mass is 15.1. The van der Waals surface area contributed by atoms with Gasteiger partial charge in [0.2, 0.25) is 0 Å². The molecule has 1 heterocycles. The number of rotatable bonds is 3. The lowest BCUT2D eigenvalue weighted by molar-refractivity contribution is 0.657. The van der Waals surface area contributed by atoms with Crippen molar-refractivity contribution in [3.63, 3.8) is 0 Å². The van der Waals surface area contributed by atoms with Crippen LogP contribution in [0.4, 0.5) is 0 Å². The molecule has 1 rings (SSSR count). The third-order valence-corrected chi connectivity index (χ3v) is 2.48. The van der Waals surface area contributed by atoms with Crippen molar-refractivity contribution >= 4 is 7.85 Å². The monoisotopic (exact) mass is 190 g/mol. The number of aromatic nitrogens is 2. The maximum absolute atomic E-state index is 6.00. The molecule has 0 aliphatic heterocycles. The summed E-state index contributed by atoms with van der Waals surface area (Å²) in [4.78, 5) is 4.55. The van der Waals surface area contributed by atoms with Crippen LogP contribution in [0.1, 0.15) is 38.0 Å². The van der Waals surface area contributed by atoms with Crippen molar-refractivity contribution in [3.05, 3.63) is 17.2 Å². The molecule has 0 amide bonds. The van der Waals surface area contributed by atoms with Gasteiger partial charge in [0.25, 0.3) is 0 Å². The van der Waals surface area contributed by atoms with E-state index < -0.39 is 0 Å². The average Bonchev–Trinajstić information content (AvgIpc) is 2.24. The molecule has 1 aromatic rings. The van der Waals surface area contributed by atoms with Crippen molar-refractivity contribution in [2.24, 2.45) is 7.05 Å². The Morgan fingerprint density at radius 3 is 2.43 bits per heavy atom. The molecule has 0 aliphatic carbocycles. The van der Waals surface area contributed by atoms with Gasteiger partial charge >= 0.3 is 0 Å². The van der Waals surface area contributed by atoms with Gasteiger partial charge in [-0.05, 0) is 19.8 Å². The molecule has 2 nitrogen and oxygen atoms in total. The maximum atomic E-state index is 6.00. The van der Waals surface area contributed by atoms with E-state index in [2.05, 4.69) is 23.5 Å². The molecular formula is C11H19BN2. The summed E-state index contributed by atoms with van der Waals surface area (Å²) in [5, 5.41) is -0.176. The van der Waals surface area contributed by atoms with E-state index in [-0.39, 0.29) is 5.31 Å². The molecule has 14 heavy (non-hydrogen) atoms. The van der Waals surface area contributed by atoms with E-state index in [9.17, 15) is 0 Å². The molecular weight excluding hydrogens is 171 g/mol. The van der Waals surface area contributed by atoms with Gasteiger partial charge in [-0.3, -0.25) is 0 Å².